The zero-order valence-corrected chi connectivity index (χ0v) is 14.0. The van der Waals surface area contributed by atoms with Gasteiger partial charge < -0.3 is 4.90 Å². The molecule has 1 amide bonds. The van der Waals surface area contributed by atoms with E-state index in [9.17, 15) is 4.79 Å². The zero-order chi connectivity index (χ0) is 16.2. The summed E-state index contributed by atoms with van der Waals surface area (Å²) in [5.74, 6) is 0.720. The van der Waals surface area contributed by atoms with Crippen LogP contribution in [0, 0.1) is 0 Å². The average Bonchev–Trinajstić information content (AvgIpc) is 2.96. The van der Waals surface area contributed by atoms with Crippen molar-refractivity contribution in [3.63, 3.8) is 0 Å². The Labute approximate surface area is 138 Å². The molecule has 0 radical (unpaired) electrons. The maximum Gasteiger partial charge on any atom is 0.257 e. The Kier molecular flexibility index (Phi) is 4.79. The molecule has 0 N–H and O–H groups in total. The summed E-state index contributed by atoms with van der Waals surface area (Å²) in [7, 11) is 1.92. The third-order valence-corrected chi connectivity index (χ3v) is 4.83. The van der Waals surface area contributed by atoms with Crippen molar-refractivity contribution in [2.45, 2.75) is 38.5 Å². The minimum absolute atomic E-state index is 0.146. The van der Waals surface area contributed by atoms with E-state index in [1.807, 2.05) is 16.6 Å². The number of nitrogens with zero attached hydrogens (tertiary/aromatic N) is 3. The van der Waals surface area contributed by atoms with Gasteiger partial charge in [0.25, 0.3) is 5.91 Å². The Morgan fingerprint density at radius 1 is 1.22 bits per heavy atom. The standard InChI is InChI=1S/C19H25N3O/c1-3-7-18-17(14-20-21(18)2)19(23)22-12-10-16(11-13-22)15-8-5-4-6-9-15/h4-6,8-9,14,16H,3,7,10-13H2,1-2H3. The minimum atomic E-state index is 0.146. The van der Waals surface area contributed by atoms with E-state index in [0.717, 1.165) is 50.0 Å². The molecule has 122 valence electrons. The first-order valence-electron chi connectivity index (χ1n) is 8.55. The summed E-state index contributed by atoms with van der Waals surface area (Å²) in [6.07, 6.45) is 5.74. The van der Waals surface area contributed by atoms with E-state index in [2.05, 4.69) is 42.4 Å². The number of likely N-dealkylation sites (tertiary alicyclic amines) is 1. The van der Waals surface area contributed by atoms with Crippen molar-refractivity contribution in [3.8, 4) is 0 Å². The van der Waals surface area contributed by atoms with Crippen LogP contribution >= 0.6 is 0 Å². The fourth-order valence-electron chi connectivity index (χ4n) is 3.49. The number of hydrogen-bond donors (Lipinski definition) is 0. The first-order valence-corrected chi connectivity index (χ1v) is 8.55. The molecule has 1 aliphatic rings. The van der Waals surface area contributed by atoms with Gasteiger partial charge in [-0.1, -0.05) is 43.7 Å². The smallest absolute Gasteiger partial charge is 0.257 e. The van der Waals surface area contributed by atoms with Crippen molar-refractivity contribution < 1.29 is 4.79 Å². The normalized spacial score (nSPS) is 15.8. The maximum absolute atomic E-state index is 12.8. The van der Waals surface area contributed by atoms with Gasteiger partial charge in [0, 0.05) is 20.1 Å². The maximum atomic E-state index is 12.8. The number of carbonyl (C=O) groups is 1. The second-order valence-corrected chi connectivity index (χ2v) is 6.36. The number of aromatic nitrogens is 2. The van der Waals surface area contributed by atoms with E-state index in [1.165, 1.54) is 5.56 Å². The van der Waals surface area contributed by atoms with Gasteiger partial charge in [0.05, 0.1) is 17.5 Å². The molecule has 1 aromatic carbocycles. The van der Waals surface area contributed by atoms with Crippen LogP contribution in [-0.2, 0) is 13.5 Å². The molecule has 0 aliphatic carbocycles. The fraction of sp³-hybridized carbons (Fsp3) is 0.474. The molecule has 1 saturated heterocycles. The Morgan fingerprint density at radius 3 is 2.57 bits per heavy atom. The van der Waals surface area contributed by atoms with Gasteiger partial charge in [0.15, 0.2) is 0 Å². The monoisotopic (exact) mass is 311 g/mol. The molecule has 2 aromatic rings. The summed E-state index contributed by atoms with van der Waals surface area (Å²) in [5, 5.41) is 4.28. The van der Waals surface area contributed by atoms with Gasteiger partial charge in [-0.25, -0.2) is 0 Å². The Balaban J connectivity index is 1.67. The highest BCUT2D eigenvalue weighted by Gasteiger charge is 2.26. The molecule has 0 atom stereocenters. The largest absolute Gasteiger partial charge is 0.338 e. The quantitative estimate of drug-likeness (QED) is 0.868. The highest BCUT2D eigenvalue weighted by atomic mass is 16.2. The first kappa shape index (κ1) is 15.8. The molecule has 0 saturated carbocycles. The van der Waals surface area contributed by atoms with Crippen LogP contribution < -0.4 is 0 Å². The van der Waals surface area contributed by atoms with Crippen LogP contribution in [0.15, 0.2) is 36.5 Å². The van der Waals surface area contributed by atoms with E-state index < -0.39 is 0 Å². The van der Waals surface area contributed by atoms with Crippen LogP contribution in [0.4, 0.5) is 0 Å². The molecule has 0 unspecified atom stereocenters. The number of amides is 1. The summed E-state index contributed by atoms with van der Waals surface area (Å²) >= 11 is 0. The molecular weight excluding hydrogens is 286 g/mol. The van der Waals surface area contributed by atoms with Gasteiger partial charge in [-0.05, 0) is 30.7 Å². The predicted molar refractivity (Wildman–Crippen MR) is 91.5 cm³/mol. The van der Waals surface area contributed by atoms with Gasteiger partial charge in [0.2, 0.25) is 0 Å². The molecule has 23 heavy (non-hydrogen) atoms. The fourth-order valence-corrected chi connectivity index (χ4v) is 3.49. The molecule has 0 spiro atoms. The van der Waals surface area contributed by atoms with E-state index >= 15 is 0 Å². The van der Waals surface area contributed by atoms with Gasteiger partial charge in [0.1, 0.15) is 0 Å². The Morgan fingerprint density at radius 2 is 1.91 bits per heavy atom. The lowest BCUT2D eigenvalue weighted by Gasteiger charge is -2.32. The van der Waals surface area contributed by atoms with E-state index in [1.54, 1.807) is 6.20 Å². The van der Waals surface area contributed by atoms with Crippen LogP contribution in [-0.4, -0.2) is 33.7 Å². The summed E-state index contributed by atoms with van der Waals surface area (Å²) < 4.78 is 1.84. The molecule has 0 bridgehead atoms. The van der Waals surface area contributed by atoms with Gasteiger partial charge >= 0.3 is 0 Å². The van der Waals surface area contributed by atoms with Crippen LogP contribution in [0.2, 0.25) is 0 Å². The zero-order valence-electron chi connectivity index (χ0n) is 14.0. The van der Waals surface area contributed by atoms with Crippen molar-refractivity contribution in [1.29, 1.82) is 0 Å². The Bertz CT molecular complexity index is 655. The molecular formula is C19H25N3O. The number of aryl methyl sites for hydroxylation is 1. The second-order valence-electron chi connectivity index (χ2n) is 6.36. The van der Waals surface area contributed by atoms with Crippen LogP contribution in [0.1, 0.15) is 53.7 Å². The lowest BCUT2D eigenvalue weighted by molar-refractivity contribution is 0.0711. The van der Waals surface area contributed by atoms with Gasteiger partial charge in [-0.3, -0.25) is 9.48 Å². The summed E-state index contributed by atoms with van der Waals surface area (Å²) in [6.45, 7) is 3.80. The van der Waals surface area contributed by atoms with Crippen molar-refractivity contribution in [1.82, 2.24) is 14.7 Å². The summed E-state index contributed by atoms with van der Waals surface area (Å²) in [6, 6.07) is 10.6. The molecule has 3 rings (SSSR count). The predicted octanol–water partition coefficient (Wildman–Crippen LogP) is 3.39. The van der Waals surface area contributed by atoms with Crippen molar-refractivity contribution in [2.24, 2.45) is 7.05 Å². The minimum Gasteiger partial charge on any atom is -0.338 e. The molecule has 4 heteroatoms. The number of carbonyl (C=O) groups excluding carboxylic acids is 1. The highest BCUT2D eigenvalue weighted by molar-refractivity contribution is 5.95. The van der Waals surface area contributed by atoms with Crippen LogP contribution in [0.25, 0.3) is 0 Å². The SMILES string of the molecule is CCCc1c(C(=O)N2CCC(c3ccccc3)CC2)cnn1C. The summed E-state index contributed by atoms with van der Waals surface area (Å²) in [5.41, 5.74) is 3.24. The van der Waals surface area contributed by atoms with E-state index in [4.69, 9.17) is 0 Å². The van der Waals surface area contributed by atoms with Crippen molar-refractivity contribution in [3.05, 3.63) is 53.3 Å². The van der Waals surface area contributed by atoms with E-state index in [-0.39, 0.29) is 5.91 Å². The first-order chi connectivity index (χ1) is 11.2. The van der Waals surface area contributed by atoms with Gasteiger partial charge in [-0.2, -0.15) is 5.10 Å². The number of hydrogen-bond acceptors (Lipinski definition) is 2. The van der Waals surface area contributed by atoms with Crippen molar-refractivity contribution in [2.75, 3.05) is 13.1 Å². The van der Waals surface area contributed by atoms with Crippen LogP contribution in [0.3, 0.4) is 0 Å². The molecule has 1 aromatic heterocycles. The number of benzene rings is 1. The Hall–Kier alpha value is -2.10. The van der Waals surface area contributed by atoms with Crippen molar-refractivity contribution >= 4 is 5.91 Å². The number of rotatable bonds is 4. The van der Waals surface area contributed by atoms with Gasteiger partial charge in [-0.15, -0.1) is 0 Å². The van der Waals surface area contributed by atoms with Crippen LogP contribution in [0.5, 0.6) is 0 Å². The number of piperidine rings is 1. The molecule has 2 heterocycles. The average molecular weight is 311 g/mol. The lowest BCUT2D eigenvalue weighted by Crippen LogP contribution is -2.38. The van der Waals surface area contributed by atoms with E-state index in [0.29, 0.717) is 5.92 Å². The molecule has 1 aliphatic heterocycles. The summed E-state index contributed by atoms with van der Waals surface area (Å²) in [4.78, 5) is 14.8. The third kappa shape index (κ3) is 3.31. The molecule has 1 fully saturated rings. The lowest BCUT2D eigenvalue weighted by atomic mass is 9.89. The highest BCUT2D eigenvalue weighted by Crippen LogP contribution is 2.28. The topological polar surface area (TPSA) is 38.1 Å². The third-order valence-electron chi connectivity index (χ3n) is 4.83. The second kappa shape index (κ2) is 6.99. The molecule has 4 nitrogen and oxygen atoms in total.